The number of rotatable bonds is 3. The standard InChI is InChI=1S/C15H12ClFN4O/c1-9(10-2-4-11(17)5-3-10)18-15(22)12-8-21-14(19-12)7-6-13(16)20-21/h2-9H,1H3,(H,18,22). The molecule has 0 aliphatic heterocycles. The second kappa shape index (κ2) is 5.73. The summed E-state index contributed by atoms with van der Waals surface area (Å²) in [6.45, 7) is 1.82. The Hall–Kier alpha value is -2.47. The summed E-state index contributed by atoms with van der Waals surface area (Å²) in [4.78, 5) is 16.4. The number of imidazole rings is 1. The number of hydrogen-bond acceptors (Lipinski definition) is 3. The summed E-state index contributed by atoms with van der Waals surface area (Å²) >= 11 is 5.79. The fourth-order valence-corrected chi connectivity index (χ4v) is 2.22. The van der Waals surface area contributed by atoms with Gasteiger partial charge in [0.1, 0.15) is 16.7 Å². The third kappa shape index (κ3) is 2.92. The Morgan fingerprint density at radius 1 is 1.27 bits per heavy atom. The van der Waals surface area contributed by atoms with Crippen LogP contribution in [0.2, 0.25) is 5.15 Å². The fourth-order valence-electron chi connectivity index (χ4n) is 2.07. The van der Waals surface area contributed by atoms with E-state index in [1.165, 1.54) is 22.8 Å². The molecular weight excluding hydrogens is 307 g/mol. The Labute approximate surface area is 130 Å². The van der Waals surface area contributed by atoms with Crippen LogP contribution in [0.5, 0.6) is 0 Å². The van der Waals surface area contributed by atoms with E-state index < -0.39 is 0 Å². The molecule has 3 aromatic rings. The Morgan fingerprint density at radius 2 is 2.00 bits per heavy atom. The Bertz CT molecular complexity index is 831. The maximum atomic E-state index is 12.9. The van der Waals surface area contributed by atoms with Crippen molar-refractivity contribution in [3.63, 3.8) is 0 Å². The van der Waals surface area contributed by atoms with Crippen molar-refractivity contribution in [1.82, 2.24) is 19.9 Å². The van der Waals surface area contributed by atoms with Crippen molar-refractivity contribution in [2.45, 2.75) is 13.0 Å². The molecule has 1 amide bonds. The molecule has 2 aromatic heterocycles. The second-order valence-electron chi connectivity index (χ2n) is 4.83. The summed E-state index contributed by atoms with van der Waals surface area (Å²) in [6, 6.07) is 8.98. The molecule has 0 saturated carbocycles. The molecule has 2 heterocycles. The van der Waals surface area contributed by atoms with Gasteiger partial charge in [-0.2, -0.15) is 5.10 Å². The van der Waals surface area contributed by atoms with E-state index in [0.717, 1.165) is 5.56 Å². The third-order valence-corrected chi connectivity index (χ3v) is 3.44. The van der Waals surface area contributed by atoms with Gasteiger partial charge in [-0.3, -0.25) is 4.79 Å². The van der Waals surface area contributed by atoms with E-state index in [1.54, 1.807) is 24.3 Å². The minimum absolute atomic E-state index is 0.240. The third-order valence-electron chi connectivity index (χ3n) is 3.24. The molecule has 1 N–H and O–H groups in total. The number of benzene rings is 1. The molecule has 0 saturated heterocycles. The van der Waals surface area contributed by atoms with Crippen LogP contribution in [0.3, 0.4) is 0 Å². The number of carbonyl (C=O) groups is 1. The number of halogens is 2. The summed E-state index contributed by atoms with van der Waals surface area (Å²) in [6.07, 6.45) is 1.51. The van der Waals surface area contributed by atoms with Gasteiger partial charge >= 0.3 is 0 Å². The van der Waals surface area contributed by atoms with Crippen LogP contribution in [0.15, 0.2) is 42.6 Å². The van der Waals surface area contributed by atoms with Gasteiger partial charge in [0.15, 0.2) is 5.65 Å². The predicted molar refractivity (Wildman–Crippen MR) is 80.3 cm³/mol. The van der Waals surface area contributed by atoms with Crippen LogP contribution in [0.1, 0.15) is 29.0 Å². The molecule has 1 unspecified atom stereocenters. The number of hydrogen-bond donors (Lipinski definition) is 1. The number of fused-ring (bicyclic) bond motifs is 1. The topological polar surface area (TPSA) is 59.3 Å². The highest BCUT2D eigenvalue weighted by Crippen LogP contribution is 2.14. The first-order chi connectivity index (χ1) is 10.5. The van der Waals surface area contributed by atoms with E-state index in [0.29, 0.717) is 10.8 Å². The SMILES string of the molecule is CC(NC(=O)c1cn2nc(Cl)ccc2n1)c1ccc(F)cc1. The van der Waals surface area contributed by atoms with Crippen molar-refractivity contribution in [3.8, 4) is 0 Å². The quantitative estimate of drug-likeness (QED) is 0.807. The van der Waals surface area contributed by atoms with E-state index in [-0.39, 0.29) is 23.5 Å². The predicted octanol–water partition coefficient (Wildman–Crippen LogP) is 3.01. The van der Waals surface area contributed by atoms with Crippen LogP contribution in [0.4, 0.5) is 4.39 Å². The van der Waals surface area contributed by atoms with Gasteiger partial charge in [-0.1, -0.05) is 23.7 Å². The summed E-state index contributed by atoms with van der Waals surface area (Å²) in [5, 5.41) is 7.15. The smallest absolute Gasteiger partial charge is 0.272 e. The lowest BCUT2D eigenvalue weighted by molar-refractivity contribution is 0.0935. The molecule has 112 valence electrons. The lowest BCUT2D eigenvalue weighted by Gasteiger charge is -2.13. The van der Waals surface area contributed by atoms with Crippen molar-refractivity contribution in [2.75, 3.05) is 0 Å². The molecule has 7 heteroatoms. The van der Waals surface area contributed by atoms with Gasteiger partial charge in [-0.05, 0) is 36.8 Å². The van der Waals surface area contributed by atoms with E-state index in [4.69, 9.17) is 11.6 Å². The van der Waals surface area contributed by atoms with Gasteiger partial charge in [-0.25, -0.2) is 13.9 Å². The average Bonchev–Trinajstić information content (AvgIpc) is 2.91. The zero-order valence-corrected chi connectivity index (χ0v) is 12.4. The lowest BCUT2D eigenvalue weighted by atomic mass is 10.1. The normalized spacial score (nSPS) is 12.3. The number of aromatic nitrogens is 3. The first-order valence-electron chi connectivity index (χ1n) is 6.61. The van der Waals surface area contributed by atoms with Crippen molar-refractivity contribution in [2.24, 2.45) is 0 Å². The minimum Gasteiger partial charge on any atom is -0.344 e. The molecule has 3 rings (SSSR count). The maximum Gasteiger partial charge on any atom is 0.272 e. The molecule has 0 fully saturated rings. The molecule has 0 bridgehead atoms. The van der Waals surface area contributed by atoms with Gasteiger partial charge < -0.3 is 5.32 Å². The highest BCUT2D eigenvalue weighted by molar-refractivity contribution is 6.29. The first-order valence-corrected chi connectivity index (χ1v) is 6.99. The molecule has 5 nitrogen and oxygen atoms in total. The van der Waals surface area contributed by atoms with Crippen LogP contribution in [-0.4, -0.2) is 20.5 Å². The number of amides is 1. The van der Waals surface area contributed by atoms with E-state index in [1.807, 2.05) is 6.92 Å². The maximum absolute atomic E-state index is 12.9. The van der Waals surface area contributed by atoms with Crippen LogP contribution < -0.4 is 5.32 Å². The zero-order chi connectivity index (χ0) is 15.7. The van der Waals surface area contributed by atoms with E-state index in [2.05, 4.69) is 15.4 Å². The molecule has 1 atom stereocenters. The lowest BCUT2D eigenvalue weighted by Crippen LogP contribution is -2.26. The molecular formula is C15H12ClFN4O. The largest absolute Gasteiger partial charge is 0.344 e. The van der Waals surface area contributed by atoms with Gasteiger partial charge in [-0.15, -0.1) is 0 Å². The van der Waals surface area contributed by atoms with Gasteiger partial charge in [0.25, 0.3) is 5.91 Å². The van der Waals surface area contributed by atoms with Crippen molar-refractivity contribution in [3.05, 3.63) is 64.8 Å². The first kappa shape index (κ1) is 14.5. The molecule has 1 aromatic carbocycles. The number of carbonyl (C=O) groups excluding carboxylic acids is 1. The van der Waals surface area contributed by atoms with Crippen molar-refractivity contribution in [1.29, 1.82) is 0 Å². The summed E-state index contributed by atoms with van der Waals surface area (Å²) in [5.74, 6) is -0.649. The summed E-state index contributed by atoms with van der Waals surface area (Å²) < 4.78 is 14.4. The highest BCUT2D eigenvalue weighted by Gasteiger charge is 2.15. The zero-order valence-electron chi connectivity index (χ0n) is 11.6. The average molecular weight is 319 g/mol. The van der Waals surface area contributed by atoms with Crippen molar-refractivity contribution < 1.29 is 9.18 Å². The van der Waals surface area contributed by atoms with Crippen LogP contribution >= 0.6 is 11.6 Å². The van der Waals surface area contributed by atoms with Crippen LogP contribution in [0.25, 0.3) is 5.65 Å². The van der Waals surface area contributed by atoms with Gasteiger partial charge in [0.2, 0.25) is 0 Å². The number of nitrogens with zero attached hydrogens (tertiary/aromatic N) is 3. The minimum atomic E-state index is -0.335. The Kier molecular flexibility index (Phi) is 3.77. The van der Waals surface area contributed by atoms with Crippen LogP contribution in [-0.2, 0) is 0 Å². The van der Waals surface area contributed by atoms with E-state index >= 15 is 0 Å². The molecule has 0 aliphatic carbocycles. The van der Waals surface area contributed by atoms with E-state index in [9.17, 15) is 9.18 Å². The highest BCUT2D eigenvalue weighted by atomic mass is 35.5. The number of nitrogens with one attached hydrogen (secondary N) is 1. The summed E-state index contributed by atoms with van der Waals surface area (Å²) in [7, 11) is 0. The van der Waals surface area contributed by atoms with Gasteiger partial charge in [0, 0.05) is 0 Å². The monoisotopic (exact) mass is 318 g/mol. The van der Waals surface area contributed by atoms with Gasteiger partial charge in [0.05, 0.1) is 12.2 Å². The molecule has 0 aliphatic rings. The molecule has 0 radical (unpaired) electrons. The second-order valence-corrected chi connectivity index (χ2v) is 5.22. The summed E-state index contributed by atoms with van der Waals surface area (Å²) in [5.41, 5.74) is 1.58. The van der Waals surface area contributed by atoms with Crippen LogP contribution in [0, 0.1) is 5.82 Å². The molecule has 0 spiro atoms. The Balaban J connectivity index is 1.79. The Morgan fingerprint density at radius 3 is 2.73 bits per heavy atom. The van der Waals surface area contributed by atoms with Crippen molar-refractivity contribution >= 4 is 23.2 Å². The fraction of sp³-hybridized carbons (Fsp3) is 0.133. The molecule has 22 heavy (non-hydrogen) atoms.